The lowest BCUT2D eigenvalue weighted by atomic mass is 10.1. The van der Waals surface area contributed by atoms with Crippen LogP contribution in [-0.4, -0.2) is 15.9 Å². The maximum absolute atomic E-state index is 11.6. The van der Waals surface area contributed by atoms with E-state index in [1.54, 1.807) is 24.8 Å². The highest BCUT2D eigenvalue weighted by molar-refractivity contribution is 5.76. The molecule has 1 amide bonds. The number of aryl methyl sites for hydroxylation is 1. The van der Waals surface area contributed by atoms with Gasteiger partial charge >= 0.3 is 0 Å². The van der Waals surface area contributed by atoms with E-state index in [0.29, 0.717) is 13.0 Å². The largest absolute Gasteiger partial charge is 0.352 e. The molecule has 0 spiro atoms. The fraction of sp³-hybridized carbons (Fsp3) is 0.214. The number of pyridine rings is 2. The molecule has 0 fully saturated rings. The van der Waals surface area contributed by atoms with Crippen LogP contribution >= 0.6 is 0 Å². The molecule has 0 aliphatic carbocycles. The molecule has 0 atom stereocenters. The quantitative estimate of drug-likeness (QED) is 0.867. The lowest BCUT2D eigenvalue weighted by Crippen LogP contribution is -2.22. The summed E-state index contributed by atoms with van der Waals surface area (Å²) in [6, 6.07) is 7.64. The zero-order chi connectivity index (χ0) is 12.6. The van der Waals surface area contributed by atoms with Crippen molar-refractivity contribution in [1.82, 2.24) is 15.3 Å². The van der Waals surface area contributed by atoms with Gasteiger partial charge in [0.25, 0.3) is 0 Å². The van der Waals surface area contributed by atoms with E-state index in [1.807, 2.05) is 24.3 Å². The lowest BCUT2D eigenvalue weighted by molar-refractivity contribution is -0.121. The van der Waals surface area contributed by atoms with Gasteiger partial charge in [0.15, 0.2) is 0 Å². The molecule has 0 radical (unpaired) electrons. The van der Waals surface area contributed by atoms with Gasteiger partial charge in [-0.2, -0.15) is 0 Å². The fourth-order valence-corrected chi connectivity index (χ4v) is 1.59. The molecule has 0 unspecified atom stereocenters. The molecule has 2 aromatic heterocycles. The van der Waals surface area contributed by atoms with Crippen molar-refractivity contribution in [3.63, 3.8) is 0 Å². The molecule has 2 rings (SSSR count). The number of aromatic nitrogens is 2. The third-order valence-electron chi connectivity index (χ3n) is 2.60. The second-order valence-corrected chi connectivity index (χ2v) is 3.99. The molecule has 4 heteroatoms. The van der Waals surface area contributed by atoms with Crippen LogP contribution in [0.4, 0.5) is 0 Å². The average Bonchev–Trinajstić information content (AvgIpc) is 2.45. The Labute approximate surface area is 106 Å². The summed E-state index contributed by atoms with van der Waals surface area (Å²) >= 11 is 0. The van der Waals surface area contributed by atoms with E-state index in [4.69, 9.17) is 0 Å². The van der Waals surface area contributed by atoms with Crippen LogP contribution in [0.15, 0.2) is 49.1 Å². The smallest absolute Gasteiger partial charge is 0.220 e. The molecule has 0 bridgehead atoms. The molecule has 92 valence electrons. The van der Waals surface area contributed by atoms with E-state index >= 15 is 0 Å². The SMILES string of the molecule is O=C(CCc1cccnc1)NCc1ccncc1. The van der Waals surface area contributed by atoms with Crippen molar-refractivity contribution >= 4 is 5.91 Å². The maximum Gasteiger partial charge on any atom is 0.220 e. The first-order valence-electron chi connectivity index (χ1n) is 5.89. The average molecular weight is 241 g/mol. The summed E-state index contributed by atoms with van der Waals surface area (Å²) in [5.41, 5.74) is 2.14. The summed E-state index contributed by atoms with van der Waals surface area (Å²) in [6.07, 6.45) is 8.16. The van der Waals surface area contributed by atoms with E-state index in [-0.39, 0.29) is 5.91 Å². The summed E-state index contributed by atoms with van der Waals surface area (Å²) in [4.78, 5) is 19.6. The van der Waals surface area contributed by atoms with Crippen LogP contribution in [0.2, 0.25) is 0 Å². The minimum absolute atomic E-state index is 0.0515. The Balaban J connectivity index is 1.73. The van der Waals surface area contributed by atoms with Gasteiger partial charge in [0.2, 0.25) is 5.91 Å². The molecule has 0 aliphatic rings. The molecular weight excluding hydrogens is 226 g/mol. The van der Waals surface area contributed by atoms with E-state index < -0.39 is 0 Å². The molecular formula is C14H15N3O. The molecule has 18 heavy (non-hydrogen) atoms. The van der Waals surface area contributed by atoms with Crippen molar-refractivity contribution in [2.24, 2.45) is 0 Å². The van der Waals surface area contributed by atoms with E-state index in [1.165, 1.54) is 0 Å². The Hall–Kier alpha value is -2.23. The number of hydrogen-bond acceptors (Lipinski definition) is 3. The maximum atomic E-state index is 11.6. The first kappa shape index (κ1) is 12.2. The van der Waals surface area contributed by atoms with Crippen molar-refractivity contribution in [2.45, 2.75) is 19.4 Å². The van der Waals surface area contributed by atoms with Crippen molar-refractivity contribution in [1.29, 1.82) is 0 Å². The minimum atomic E-state index is 0.0515. The highest BCUT2D eigenvalue weighted by Crippen LogP contribution is 2.01. The van der Waals surface area contributed by atoms with Crippen LogP contribution in [-0.2, 0) is 17.8 Å². The number of nitrogens with zero attached hydrogens (tertiary/aromatic N) is 2. The number of hydrogen-bond donors (Lipinski definition) is 1. The molecule has 2 aromatic rings. The summed E-state index contributed by atoms with van der Waals surface area (Å²) < 4.78 is 0. The minimum Gasteiger partial charge on any atom is -0.352 e. The van der Waals surface area contributed by atoms with Crippen molar-refractivity contribution < 1.29 is 4.79 Å². The van der Waals surface area contributed by atoms with E-state index in [2.05, 4.69) is 15.3 Å². The van der Waals surface area contributed by atoms with Gasteiger partial charge in [-0.25, -0.2) is 0 Å². The van der Waals surface area contributed by atoms with Crippen LogP contribution in [0.5, 0.6) is 0 Å². The number of carbonyl (C=O) groups is 1. The van der Waals surface area contributed by atoms with Crippen molar-refractivity contribution in [2.75, 3.05) is 0 Å². The van der Waals surface area contributed by atoms with Gasteiger partial charge in [-0.3, -0.25) is 14.8 Å². The highest BCUT2D eigenvalue weighted by atomic mass is 16.1. The Morgan fingerprint density at radius 2 is 1.89 bits per heavy atom. The molecule has 0 aromatic carbocycles. The molecule has 2 heterocycles. The zero-order valence-electron chi connectivity index (χ0n) is 10.0. The first-order chi connectivity index (χ1) is 8.84. The molecule has 0 aliphatic heterocycles. The van der Waals surface area contributed by atoms with Gasteiger partial charge in [-0.05, 0) is 35.7 Å². The van der Waals surface area contributed by atoms with Crippen molar-refractivity contribution in [3.8, 4) is 0 Å². The second-order valence-electron chi connectivity index (χ2n) is 3.99. The van der Waals surface area contributed by atoms with E-state index in [0.717, 1.165) is 17.5 Å². The number of rotatable bonds is 5. The monoisotopic (exact) mass is 241 g/mol. The fourth-order valence-electron chi connectivity index (χ4n) is 1.59. The molecule has 4 nitrogen and oxygen atoms in total. The first-order valence-corrected chi connectivity index (χ1v) is 5.89. The van der Waals surface area contributed by atoms with Crippen molar-refractivity contribution in [3.05, 3.63) is 60.2 Å². The summed E-state index contributed by atoms with van der Waals surface area (Å²) in [7, 11) is 0. The number of amides is 1. The van der Waals surface area contributed by atoms with Crippen LogP contribution in [0, 0.1) is 0 Å². The number of nitrogens with one attached hydrogen (secondary N) is 1. The summed E-state index contributed by atoms with van der Waals surface area (Å²) in [5.74, 6) is 0.0515. The van der Waals surface area contributed by atoms with Gasteiger partial charge in [-0.1, -0.05) is 6.07 Å². The standard InChI is InChI=1S/C14H15N3O/c18-14(4-3-12-2-1-7-16-10-12)17-11-13-5-8-15-9-6-13/h1-2,5-10H,3-4,11H2,(H,17,18). The predicted octanol–water partition coefficient (Wildman–Crippen LogP) is 1.73. The lowest BCUT2D eigenvalue weighted by Gasteiger charge is -2.05. The van der Waals surface area contributed by atoms with Crippen LogP contribution in [0.1, 0.15) is 17.5 Å². The highest BCUT2D eigenvalue weighted by Gasteiger charge is 2.02. The third kappa shape index (κ3) is 3.97. The second kappa shape index (κ2) is 6.49. The van der Waals surface area contributed by atoms with Crippen LogP contribution in [0.25, 0.3) is 0 Å². The molecule has 1 N–H and O–H groups in total. The van der Waals surface area contributed by atoms with Gasteiger partial charge in [0.05, 0.1) is 0 Å². The Morgan fingerprint density at radius 3 is 2.61 bits per heavy atom. The molecule has 0 saturated heterocycles. The predicted molar refractivity (Wildman–Crippen MR) is 68.6 cm³/mol. The topological polar surface area (TPSA) is 54.9 Å². The van der Waals surface area contributed by atoms with Gasteiger partial charge in [0, 0.05) is 37.8 Å². The normalized spacial score (nSPS) is 10.0. The zero-order valence-corrected chi connectivity index (χ0v) is 10.0. The van der Waals surface area contributed by atoms with Gasteiger partial charge in [0.1, 0.15) is 0 Å². The van der Waals surface area contributed by atoms with Crippen LogP contribution < -0.4 is 5.32 Å². The Kier molecular flexibility index (Phi) is 4.41. The summed E-state index contributed by atoms with van der Waals surface area (Å²) in [6.45, 7) is 0.550. The van der Waals surface area contributed by atoms with Gasteiger partial charge in [-0.15, -0.1) is 0 Å². The van der Waals surface area contributed by atoms with Gasteiger partial charge < -0.3 is 5.32 Å². The molecule has 0 saturated carbocycles. The van der Waals surface area contributed by atoms with E-state index in [9.17, 15) is 4.79 Å². The third-order valence-corrected chi connectivity index (χ3v) is 2.60. The summed E-state index contributed by atoms with van der Waals surface area (Å²) in [5, 5.41) is 2.88. The Bertz CT molecular complexity index is 439. The van der Waals surface area contributed by atoms with Crippen LogP contribution in [0.3, 0.4) is 0 Å². The Morgan fingerprint density at radius 1 is 1.06 bits per heavy atom. The number of carbonyl (C=O) groups excluding carboxylic acids is 1.